The summed E-state index contributed by atoms with van der Waals surface area (Å²) in [6.45, 7) is 2.75. The van der Waals surface area contributed by atoms with E-state index >= 15 is 0 Å². The summed E-state index contributed by atoms with van der Waals surface area (Å²) in [5, 5.41) is 5.63. The highest BCUT2D eigenvalue weighted by Crippen LogP contribution is 2.20. The Kier molecular flexibility index (Phi) is 7.05. The van der Waals surface area contributed by atoms with Crippen molar-refractivity contribution < 1.29 is 23.7 Å². The molecule has 7 nitrogen and oxygen atoms in total. The van der Waals surface area contributed by atoms with Crippen molar-refractivity contribution in [2.75, 3.05) is 37.1 Å². The average molecular weight is 412 g/mol. The van der Waals surface area contributed by atoms with Crippen LogP contribution in [0.5, 0.6) is 11.5 Å². The summed E-state index contributed by atoms with van der Waals surface area (Å²) in [5.74, 6) is 1.52. The Morgan fingerprint density at radius 3 is 1.57 bits per heavy atom. The van der Waals surface area contributed by atoms with Gasteiger partial charge in [-0.1, -0.05) is 0 Å². The fraction of sp³-hybridized carbons (Fsp3) is 0.435. The van der Waals surface area contributed by atoms with Crippen molar-refractivity contribution in [3.63, 3.8) is 0 Å². The zero-order chi connectivity index (χ0) is 20.6. The maximum Gasteiger partial charge on any atom is 0.323 e. The third kappa shape index (κ3) is 6.11. The number of carbonyl (C=O) groups is 1. The van der Waals surface area contributed by atoms with E-state index in [2.05, 4.69) is 10.6 Å². The highest BCUT2D eigenvalue weighted by Gasteiger charge is 2.16. The molecule has 0 bridgehead atoms. The number of hydrogen-bond donors (Lipinski definition) is 2. The Balaban J connectivity index is 1.19. The Bertz CT molecular complexity index is 730. The Hall–Kier alpha value is -2.77. The maximum atomic E-state index is 12.2. The number of urea groups is 1. The number of rotatable bonds is 8. The normalized spacial score (nSPS) is 20.7. The van der Waals surface area contributed by atoms with Gasteiger partial charge in [-0.2, -0.15) is 0 Å². The Morgan fingerprint density at radius 2 is 1.20 bits per heavy atom. The van der Waals surface area contributed by atoms with E-state index < -0.39 is 0 Å². The number of anilines is 2. The van der Waals surface area contributed by atoms with E-state index in [1.807, 2.05) is 48.5 Å². The molecule has 0 saturated carbocycles. The lowest BCUT2D eigenvalue weighted by Crippen LogP contribution is -2.19. The lowest BCUT2D eigenvalue weighted by Gasteiger charge is -2.13. The number of ether oxygens (including phenoxy) is 4. The van der Waals surface area contributed by atoms with Crippen LogP contribution in [-0.2, 0) is 9.47 Å². The van der Waals surface area contributed by atoms with Gasteiger partial charge in [-0.05, 0) is 74.2 Å². The van der Waals surface area contributed by atoms with Gasteiger partial charge in [-0.15, -0.1) is 0 Å². The first-order valence-corrected chi connectivity index (χ1v) is 10.5. The van der Waals surface area contributed by atoms with E-state index in [1.165, 1.54) is 0 Å². The maximum absolute atomic E-state index is 12.2. The molecule has 2 aromatic rings. The number of amides is 2. The van der Waals surface area contributed by atoms with E-state index in [4.69, 9.17) is 18.9 Å². The standard InChI is InChI=1S/C23H28N2O5/c26-23(24-17-5-9-19(10-6-17)29-15-21-3-1-13-27-21)25-18-7-11-20(12-8-18)30-16-22-4-2-14-28-22/h5-12,21-22H,1-4,13-16H2,(H2,24,25,26)/t21-,22-/m1/s1. The second-order valence-electron chi connectivity index (χ2n) is 7.52. The Labute approximate surface area is 176 Å². The van der Waals surface area contributed by atoms with Crippen molar-refractivity contribution in [2.24, 2.45) is 0 Å². The van der Waals surface area contributed by atoms with Gasteiger partial charge in [-0.25, -0.2) is 4.79 Å². The molecule has 4 rings (SSSR count). The third-order valence-corrected chi connectivity index (χ3v) is 5.14. The van der Waals surface area contributed by atoms with E-state index in [-0.39, 0.29) is 18.2 Å². The van der Waals surface area contributed by atoms with Gasteiger partial charge in [0.2, 0.25) is 0 Å². The van der Waals surface area contributed by atoms with Gasteiger partial charge < -0.3 is 29.6 Å². The summed E-state index contributed by atoms with van der Waals surface area (Å²) in [4.78, 5) is 12.2. The van der Waals surface area contributed by atoms with Crippen molar-refractivity contribution in [3.8, 4) is 11.5 Å². The topological polar surface area (TPSA) is 78.1 Å². The van der Waals surface area contributed by atoms with E-state index in [1.54, 1.807) is 0 Å². The van der Waals surface area contributed by atoms with Crippen molar-refractivity contribution in [1.82, 2.24) is 0 Å². The van der Waals surface area contributed by atoms with Crippen LogP contribution >= 0.6 is 0 Å². The van der Waals surface area contributed by atoms with E-state index in [0.717, 1.165) is 50.4 Å². The lowest BCUT2D eigenvalue weighted by molar-refractivity contribution is 0.0679. The zero-order valence-electron chi connectivity index (χ0n) is 17.0. The lowest BCUT2D eigenvalue weighted by atomic mass is 10.2. The predicted molar refractivity (Wildman–Crippen MR) is 114 cm³/mol. The molecule has 2 fully saturated rings. The minimum atomic E-state index is -0.309. The van der Waals surface area contributed by atoms with Crippen molar-refractivity contribution in [3.05, 3.63) is 48.5 Å². The third-order valence-electron chi connectivity index (χ3n) is 5.14. The van der Waals surface area contributed by atoms with E-state index in [0.29, 0.717) is 24.6 Å². The fourth-order valence-corrected chi connectivity index (χ4v) is 3.49. The summed E-state index contributed by atoms with van der Waals surface area (Å²) in [6, 6.07) is 14.3. The largest absolute Gasteiger partial charge is 0.491 e. The molecule has 160 valence electrons. The van der Waals surface area contributed by atoms with Gasteiger partial charge in [0, 0.05) is 24.6 Å². The van der Waals surface area contributed by atoms with Crippen LogP contribution in [0.3, 0.4) is 0 Å². The summed E-state index contributed by atoms with van der Waals surface area (Å²) in [6.07, 6.45) is 4.64. The van der Waals surface area contributed by atoms with Crippen LogP contribution in [0.15, 0.2) is 48.5 Å². The smallest absolute Gasteiger partial charge is 0.323 e. The molecule has 2 aromatic carbocycles. The molecule has 2 heterocycles. The van der Waals surface area contributed by atoms with Gasteiger partial charge in [0.25, 0.3) is 0 Å². The molecular weight excluding hydrogens is 384 g/mol. The highest BCUT2D eigenvalue weighted by molar-refractivity contribution is 5.99. The molecule has 2 aliphatic heterocycles. The van der Waals surface area contributed by atoms with Crippen LogP contribution in [0.4, 0.5) is 16.2 Å². The fourth-order valence-electron chi connectivity index (χ4n) is 3.49. The van der Waals surface area contributed by atoms with Crippen LogP contribution in [0.2, 0.25) is 0 Å². The summed E-state index contributed by atoms with van der Waals surface area (Å²) in [7, 11) is 0. The number of nitrogens with one attached hydrogen (secondary N) is 2. The molecule has 7 heteroatoms. The molecule has 30 heavy (non-hydrogen) atoms. The summed E-state index contributed by atoms with van der Waals surface area (Å²) >= 11 is 0. The number of hydrogen-bond acceptors (Lipinski definition) is 5. The summed E-state index contributed by atoms with van der Waals surface area (Å²) in [5.41, 5.74) is 1.38. The molecule has 0 aromatic heterocycles. The zero-order valence-corrected chi connectivity index (χ0v) is 17.0. The van der Waals surface area contributed by atoms with Crippen LogP contribution in [0.25, 0.3) is 0 Å². The van der Waals surface area contributed by atoms with Gasteiger partial charge >= 0.3 is 6.03 Å². The molecule has 2 saturated heterocycles. The molecular formula is C23H28N2O5. The van der Waals surface area contributed by atoms with Gasteiger partial charge in [0.05, 0.1) is 12.2 Å². The monoisotopic (exact) mass is 412 g/mol. The van der Waals surface area contributed by atoms with Crippen molar-refractivity contribution in [1.29, 1.82) is 0 Å². The summed E-state index contributed by atoms with van der Waals surface area (Å²) < 4.78 is 22.6. The molecule has 2 amide bonds. The molecule has 0 aliphatic carbocycles. The minimum absolute atomic E-state index is 0.182. The highest BCUT2D eigenvalue weighted by atomic mass is 16.5. The van der Waals surface area contributed by atoms with Crippen LogP contribution < -0.4 is 20.1 Å². The van der Waals surface area contributed by atoms with Gasteiger partial charge in [0.1, 0.15) is 24.7 Å². The molecule has 0 unspecified atom stereocenters. The van der Waals surface area contributed by atoms with Crippen molar-refractivity contribution in [2.45, 2.75) is 37.9 Å². The average Bonchev–Trinajstić information content (AvgIpc) is 3.47. The van der Waals surface area contributed by atoms with Gasteiger partial charge in [0.15, 0.2) is 0 Å². The number of benzene rings is 2. The second kappa shape index (κ2) is 10.3. The molecule has 2 atom stereocenters. The molecule has 0 radical (unpaired) electrons. The van der Waals surface area contributed by atoms with Crippen molar-refractivity contribution >= 4 is 17.4 Å². The van der Waals surface area contributed by atoms with Crippen LogP contribution in [0.1, 0.15) is 25.7 Å². The predicted octanol–water partition coefficient (Wildman–Crippen LogP) is 4.45. The first-order valence-electron chi connectivity index (χ1n) is 10.5. The Morgan fingerprint density at radius 1 is 0.767 bits per heavy atom. The molecule has 0 spiro atoms. The SMILES string of the molecule is O=C(Nc1ccc(OC[C@H]2CCCO2)cc1)Nc1ccc(OC[C@H]2CCCO2)cc1. The molecule has 2 aliphatic rings. The van der Waals surface area contributed by atoms with Gasteiger partial charge in [-0.3, -0.25) is 0 Å². The van der Waals surface area contributed by atoms with Crippen LogP contribution in [-0.4, -0.2) is 44.7 Å². The first kappa shape index (κ1) is 20.5. The quantitative estimate of drug-likeness (QED) is 0.670. The van der Waals surface area contributed by atoms with Crippen LogP contribution in [0, 0.1) is 0 Å². The number of carbonyl (C=O) groups excluding carboxylic acids is 1. The minimum Gasteiger partial charge on any atom is -0.491 e. The molecule has 2 N–H and O–H groups in total. The first-order chi connectivity index (χ1) is 14.7. The van der Waals surface area contributed by atoms with E-state index in [9.17, 15) is 4.79 Å². The second-order valence-corrected chi connectivity index (χ2v) is 7.52.